The first-order chi connectivity index (χ1) is 8.90. The summed E-state index contributed by atoms with van der Waals surface area (Å²) in [6, 6.07) is 6.59. The largest absolute Gasteiger partial charge is 0.395 e. The molecule has 0 radical (unpaired) electrons. The van der Waals surface area contributed by atoms with Crippen molar-refractivity contribution < 1.29 is 10.2 Å². The lowest BCUT2D eigenvalue weighted by Gasteiger charge is -2.31. The van der Waals surface area contributed by atoms with Gasteiger partial charge >= 0.3 is 0 Å². The number of aliphatic hydroxyl groups excluding tert-OH is 1. The van der Waals surface area contributed by atoms with Crippen LogP contribution in [0.2, 0.25) is 0 Å². The van der Waals surface area contributed by atoms with Gasteiger partial charge in [-0.1, -0.05) is 30.4 Å². The number of aliphatic hydroxyl groups is 2. The zero-order chi connectivity index (χ0) is 14.0. The second-order valence-corrected chi connectivity index (χ2v) is 5.87. The summed E-state index contributed by atoms with van der Waals surface area (Å²) in [5.74, 6) is 0. The molecule has 104 valence electrons. The van der Waals surface area contributed by atoms with Crippen LogP contribution < -0.4 is 5.32 Å². The zero-order valence-corrected chi connectivity index (χ0v) is 11.9. The predicted molar refractivity (Wildman–Crippen MR) is 77.9 cm³/mol. The Morgan fingerprint density at radius 2 is 2.16 bits per heavy atom. The number of rotatable bonds is 3. The van der Waals surface area contributed by atoms with Crippen LogP contribution in [-0.2, 0) is 6.42 Å². The second kappa shape index (κ2) is 5.45. The van der Waals surface area contributed by atoms with Gasteiger partial charge in [-0.15, -0.1) is 0 Å². The summed E-state index contributed by atoms with van der Waals surface area (Å²) >= 11 is 0. The molecule has 0 fully saturated rings. The molecule has 3 N–H and O–H groups in total. The normalized spacial score (nSPS) is 23.6. The molecule has 0 aromatic heterocycles. The van der Waals surface area contributed by atoms with Gasteiger partial charge in [0.1, 0.15) is 0 Å². The van der Waals surface area contributed by atoms with Crippen LogP contribution in [0.1, 0.15) is 43.5 Å². The molecule has 1 heterocycles. The standard InChI is InChI=1S/C16H23NO2/c1-11-14-6-4-5-12(7-8-16(2,3)19)15(14)9-13(10-18)17-11/h4-8,11,13,17-19H,9-10H2,1-3H3/b8-7+. The molecule has 19 heavy (non-hydrogen) atoms. The first-order valence-corrected chi connectivity index (χ1v) is 6.81. The van der Waals surface area contributed by atoms with Crippen molar-refractivity contribution in [3.8, 4) is 0 Å². The minimum absolute atomic E-state index is 0.110. The number of benzene rings is 1. The van der Waals surface area contributed by atoms with E-state index in [1.54, 1.807) is 13.8 Å². The van der Waals surface area contributed by atoms with Crippen LogP contribution in [0.25, 0.3) is 6.08 Å². The van der Waals surface area contributed by atoms with Crippen LogP contribution in [0.5, 0.6) is 0 Å². The Labute approximate surface area is 115 Å². The van der Waals surface area contributed by atoms with E-state index in [4.69, 9.17) is 0 Å². The average molecular weight is 261 g/mol. The van der Waals surface area contributed by atoms with Gasteiger partial charge in [-0.3, -0.25) is 0 Å². The minimum atomic E-state index is -0.808. The maximum absolute atomic E-state index is 9.79. The quantitative estimate of drug-likeness (QED) is 0.780. The van der Waals surface area contributed by atoms with Crippen molar-refractivity contribution in [2.75, 3.05) is 6.61 Å². The Balaban J connectivity index is 2.37. The smallest absolute Gasteiger partial charge is 0.0774 e. The van der Waals surface area contributed by atoms with Crippen molar-refractivity contribution >= 4 is 6.08 Å². The molecule has 3 heteroatoms. The van der Waals surface area contributed by atoms with E-state index in [0.29, 0.717) is 0 Å². The lowest BCUT2D eigenvalue weighted by Crippen LogP contribution is -2.41. The molecule has 1 aliphatic rings. The van der Waals surface area contributed by atoms with Crippen LogP contribution in [0, 0.1) is 0 Å². The van der Waals surface area contributed by atoms with Crippen LogP contribution in [0.15, 0.2) is 24.3 Å². The fraction of sp³-hybridized carbons (Fsp3) is 0.500. The van der Waals surface area contributed by atoms with Crippen LogP contribution >= 0.6 is 0 Å². The van der Waals surface area contributed by atoms with Gasteiger partial charge in [-0.25, -0.2) is 0 Å². The Hall–Kier alpha value is -1.16. The number of hydrogen-bond acceptors (Lipinski definition) is 3. The molecule has 2 unspecified atom stereocenters. The monoisotopic (exact) mass is 261 g/mol. The first kappa shape index (κ1) is 14.3. The summed E-state index contributed by atoms with van der Waals surface area (Å²) in [7, 11) is 0. The topological polar surface area (TPSA) is 52.5 Å². The minimum Gasteiger partial charge on any atom is -0.395 e. The van der Waals surface area contributed by atoms with Gasteiger partial charge in [0.15, 0.2) is 0 Å². The fourth-order valence-corrected chi connectivity index (χ4v) is 2.58. The molecule has 0 aliphatic carbocycles. The molecule has 1 aliphatic heterocycles. The van der Waals surface area contributed by atoms with E-state index >= 15 is 0 Å². The van der Waals surface area contributed by atoms with Gasteiger partial charge in [-0.2, -0.15) is 0 Å². The molecule has 2 atom stereocenters. The SMILES string of the molecule is CC1NC(CO)Cc2c(/C=C/C(C)(C)O)cccc21. The van der Waals surface area contributed by atoms with Crippen molar-refractivity contribution in [2.24, 2.45) is 0 Å². The van der Waals surface area contributed by atoms with Crippen molar-refractivity contribution in [3.63, 3.8) is 0 Å². The third-order valence-corrected chi connectivity index (χ3v) is 3.54. The molecule has 1 aromatic carbocycles. The molecule has 0 amide bonds. The highest BCUT2D eigenvalue weighted by Gasteiger charge is 2.24. The highest BCUT2D eigenvalue weighted by Crippen LogP contribution is 2.28. The summed E-state index contributed by atoms with van der Waals surface area (Å²) in [4.78, 5) is 0. The molecule has 3 nitrogen and oxygen atoms in total. The van der Waals surface area contributed by atoms with Crippen LogP contribution in [0.3, 0.4) is 0 Å². The van der Waals surface area contributed by atoms with Crippen molar-refractivity contribution in [1.29, 1.82) is 0 Å². The van der Waals surface area contributed by atoms with Gasteiger partial charge in [0, 0.05) is 12.1 Å². The fourth-order valence-electron chi connectivity index (χ4n) is 2.58. The average Bonchev–Trinajstić information content (AvgIpc) is 2.35. The predicted octanol–water partition coefficient (Wildman–Crippen LogP) is 2.04. The van der Waals surface area contributed by atoms with E-state index in [-0.39, 0.29) is 18.7 Å². The van der Waals surface area contributed by atoms with Gasteiger partial charge < -0.3 is 15.5 Å². The molecule has 2 rings (SSSR count). The molecule has 0 bridgehead atoms. The van der Waals surface area contributed by atoms with Crippen molar-refractivity contribution in [2.45, 2.75) is 44.9 Å². The first-order valence-electron chi connectivity index (χ1n) is 6.81. The number of hydrogen-bond donors (Lipinski definition) is 3. The summed E-state index contributed by atoms with van der Waals surface area (Å²) in [5.41, 5.74) is 2.87. The molecule has 1 aromatic rings. The van der Waals surface area contributed by atoms with E-state index in [9.17, 15) is 10.2 Å². The van der Waals surface area contributed by atoms with Crippen LogP contribution in [0.4, 0.5) is 0 Å². The van der Waals surface area contributed by atoms with Gasteiger partial charge in [0.2, 0.25) is 0 Å². The van der Waals surface area contributed by atoms with E-state index < -0.39 is 5.60 Å². The van der Waals surface area contributed by atoms with Gasteiger partial charge in [0.05, 0.1) is 12.2 Å². The summed E-state index contributed by atoms with van der Waals surface area (Å²) in [5, 5.41) is 22.6. The van der Waals surface area contributed by atoms with Gasteiger partial charge in [-0.05, 0) is 43.9 Å². The maximum Gasteiger partial charge on any atom is 0.0774 e. The summed E-state index contributed by atoms with van der Waals surface area (Å²) < 4.78 is 0. The lowest BCUT2D eigenvalue weighted by atomic mass is 9.87. The summed E-state index contributed by atoms with van der Waals surface area (Å²) in [6.45, 7) is 5.79. The Morgan fingerprint density at radius 1 is 1.42 bits per heavy atom. The van der Waals surface area contributed by atoms with Crippen molar-refractivity contribution in [3.05, 3.63) is 41.0 Å². The Bertz CT molecular complexity index is 474. The molecular weight excluding hydrogens is 238 g/mol. The van der Waals surface area contributed by atoms with E-state index in [0.717, 1.165) is 12.0 Å². The molecular formula is C16H23NO2. The highest BCUT2D eigenvalue weighted by atomic mass is 16.3. The molecule has 0 saturated carbocycles. The second-order valence-electron chi connectivity index (χ2n) is 5.87. The van der Waals surface area contributed by atoms with E-state index in [1.165, 1.54) is 11.1 Å². The van der Waals surface area contributed by atoms with Crippen LogP contribution in [-0.4, -0.2) is 28.5 Å². The lowest BCUT2D eigenvalue weighted by molar-refractivity contribution is 0.134. The number of nitrogens with one attached hydrogen (secondary N) is 1. The third-order valence-electron chi connectivity index (χ3n) is 3.54. The number of fused-ring (bicyclic) bond motifs is 1. The molecule has 0 spiro atoms. The van der Waals surface area contributed by atoms with Crippen molar-refractivity contribution in [1.82, 2.24) is 5.32 Å². The molecule has 0 saturated heterocycles. The van der Waals surface area contributed by atoms with Gasteiger partial charge in [0.25, 0.3) is 0 Å². The zero-order valence-electron chi connectivity index (χ0n) is 11.9. The Kier molecular flexibility index (Phi) is 4.09. The highest BCUT2D eigenvalue weighted by molar-refractivity contribution is 5.58. The summed E-state index contributed by atoms with van der Waals surface area (Å²) in [6.07, 6.45) is 4.61. The van der Waals surface area contributed by atoms with E-state index in [1.807, 2.05) is 18.2 Å². The van der Waals surface area contributed by atoms with E-state index in [2.05, 4.69) is 24.4 Å². The Morgan fingerprint density at radius 3 is 2.79 bits per heavy atom. The maximum atomic E-state index is 9.79. The third kappa shape index (κ3) is 3.44.